The Kier molecular flexibility index (Phi) is 4.22. The van der Waals surface area contributed by atoms with Crippen LogP contribution in [0.25, 0.3) is 0 Å². The molecule has 1 aromatic carbocycles. The van der Waals surface area contributed by atoms with Gasteiger partial charge < -0.3 is 9.84 Å². The molecule has 1 atom stereocenters. The Morgan fingerprint density at radius 3 is 2.67 bits per heavy atom. The third kappa shape index (κ3) is 3.24. The Bertz CT molecular complexity index is 421. The zero-order valence-corrected chi connectivity index (χ0v) is 10.4. The smallest absolute Gasteiger partial charge is 0.288 e. The zero-order chi connectivity index (χ0) is 13.0. The van der Waals surface area contributed by atoms with Crippen molar-refractivity contribution in [2.45, 2.75) is 6.10 Å². The molecule has 1 aliphatic rings. The lowest BCUT2D eigenvalue weighted by Crippen LogP contribution is -2.38. The summed E-state index contributed by atoms with van der Waals surface area (Å²) in [5.74, 6) is 0.541. The van der Waals surface area contributed by atoms with Gasteiger partial charge in [0, 0.05) is 0 Å². The molecule has 2 amide bonds. The Morgan fingerprint density at radius 2 is 2.06 bits per heavy atom. The fraction of sp³-hybridized carbons (Fsp3) is 0.333. The number of ether oxygens (including phenoxy) is 1. The Morgan fingerprint density at radius 1 is 1.33 bits per heavy atom. The Hall–Kier alpha value is -1.53. The monoisotopic (exact) mass is 267 g/mol. The number of aliphatic hydroxyl groups is 1. The largest absolute Gasteiger partial charge is 0.491 e. The van der Waals surface area contributed by atoms with Crippen molar-refractivity contribution < 1.29 is 19.4 Å². The van der Waals surface area contributed by atoms with Gasteiger partial charge in [0.1, 0.15) is 18.5 Å². The molecule has 0 unspecified atom stereocenters. The summed E-state index contributed by atoms with van der Waals surface area (Å²) in [7, 11) is 0. The van der Waals surface area contributed by atoms with Gasteiger partial charge in [-0.3, -0.25) is 14.5 Å². The highest BCUT2D eigenvalue weighted by Crippen LogP contribution is 2.19. The number of aliphatic hydroxyl groups excluding tert-OH is 1. The van der Waals surface area contributed by atoms with Crippen molar-refractivity contribution in [2.24, 2.45) is 0 Å². The van der Waals surface area contributed by atoms with E-state index in [1.54, 1.807) is 12.1 Å². The number of β-amino-alcohol motifs (C(OH)–C–C–N with tert-alkyl or cyclic N) is 1. The summed E-state index contributed by atoms with van der Waals surface area (Å²) < 4.78 is 5.34. The first-order valence-corrected chi connectivity index (χ1v) is 6.48. The van der Waals surface area contributed by atoms with Crippen molar-refractivity contribution in [1.82, 2.24) is 4.90 Å². The van der Waals surface area contributed by atoms with Crippen molar-refractivity contribution in [3.63, 3.8) is 0 Å². The number of carbonyl (C=O) groups is 2. The highest BCUT2D eigenvalue weighted by molar-refractivity contribution is 8.14. The number of imide groups is 1. The number of hydrogen-bond acceptors (Lipinski definition) is 5. The van der Waals surface area contributed by atoms with Gasteiger partial charge in [0.2, 0.25) is 5.91 Å². The number of amides is 2. The van der Waals surface area contributed by atoms with Crippen LogP contribution in [0.3, 0.4) is 0 Å². The topological polar surface area (TPSA) is 66.8 Å². The van der Waals surface area contributed by atoms with Gasteiger partial charge in [-0.25, -0.2) is 0 Å². The van der Waals surface area contributed by atoms with E-state index in [9.17, 15) is 14.7 Å². The number of nitrogens with zero attached hydrogens (tertiary/aromatic N) is 1. The second-order valence-electron chi connectivity index (χ2n) is 3.84. The molecule has 1 fully saturated rings. The quantitative estimate of drug-likeness (QED) is 0.866. The molecular weight excluding hydrogens is 254 g/mol. The van der Waals surface area contributed by atoms with Gasteiger partial charge in [0.15, 0.2) is 0 Å². The van der Waals surface area contributed by atoms with E-state index in [0.717, 1.165) is 16.7 Å². The molecule has 0 radical (unpaired) electrons. The van der Waals surface area contributed by atoms with Crippen molar-refractivity contribution in [3.05, 3.63) is 30.3 Å². The van der Waals surface area contributed by atoms with Gasteiger partial charge in [0.25, 0.3) is 5.24 Å². The molecule has 1 saturated heterocycles. The summed E-state index contributed by atoms with van der Waals surface area (Å²) >= 11 is 0.955. The van der Waals surface area contributed by atoms with E-state index < -0.39 is 6.10 Å². The molecule has 1 aliphatic heterocycles. The number of thioether (sulfide) groups is 1. The summed E-state index contributed by atoms with van der Waals surface area (Å²) in [5, 5.41) is 9.42. The van der Waals surface area contributed by atoms with Crippen LogP contribution in [-0.2, 0) is 4.79 Å². The second-order valence-corrected chi connectivity index (χ2v) is 4.76. The van der Waals surface area contributed by atoms with E-state index in [4.69, 9.17) is 4.74 Å². The first kappa shape index (κ1) is 12.9. The van der Waals surface area contributed by atoms with Crippen LogP contribution in [0.5, 0.6) is 5.75 Å². The van der Waals surface area contributed by atoms with Gasteiger partial charge >= 0.3 is 0 Å². The lowest BCUT2D eigenvalue weighted by atomic mass is 10.3. The normalized spacial score (nSPS) is 17.1. The van der Waals surface area contributed by atoms with Crippen LogP contribution in [0, 0.1) is 0 Å². The van der Waals surface area contributed by atoms with Crippen molar-refractivity contribution in [1.29, 1.82) is 0 Å². The van der Waals surface area contributed by atoms with Gasteiger partial charge in [-0.15, -0.1) is 0 Å². The van der Waals surface area contributed by atoms with Crippen molar-refractivity contribution in [2.75, 3.05) is 18.9 Å². The maximum atomic E-state index is 11.3. The highest BCUT2D eigenvalue weighted by atomic mass is 32.2. The predicted molar refractivity (Wildman–Crippen MR) is 67.5 cm³/mol. The number of hydrogen-bond donors (Lipinski definition) is 1. The van der Waals surface area contributed by atoms with Crippen LogP contribution < -0.4 is 4.74 Å². The van der Waals surface area contributed by atoms with Gasteiger partial charge in [0.05, 0.1) is 12.3 Å². The van der Waals surface area contributed by atoms with Crippen LogP contribution in [0.4, 0.5) is 4.79 Å². The minimum absolute atomic E-state index is 0.0164. The molecule has 1 aromatic rings. The third-order valence-electron chi connectivity index (χ3n) is 2.42. The standard InChI is InChI=1S/C12H13NO4S/c14-9(6-13-11(15)8-18-12(13)16)7-17-10-4-2-1-3-5-10/h1-5,9,14H,6-8H2/t9-/m0/s1. The summed E-state index contributed by atoms with van der Waals surface area (Å²) in [6, 6.07) is 9.06. The van der Waals surface area contributed by atoms with Crippen LogP contribution in [0.1, 0.15) is 0 Å². The van der Waals surface area contributed by atoms with E-state index >= 15 is 0 Å². The van der Waals surface area contributed by atoms with E-state index in [0.29, 0.717) is 5.75 Å². The van der Waals surface area contributed by atoms with E-state index in [1.165, 1.54) is 0 Å². The number of para-hydroxylation sites is 1. The summed E-state index contributed by atoms with van der Waals surface area (Å²) in [6.07, 6.45) is -0.878. The SMILES string of the molecule is O=C1CSC(=O)N1C[C@H](O)COc1ccccc1. The first-order chi connectivity index (χ1) is 8.66. The molecule has 0 bridgehead atoms. The van der Waals surface area contributed by atoms with Crippen LogP contribution in [0.15, 0.2) is 30.3 Å². The van der Waals surface area contributed by atoms with Crippen LogP contribution in [-0.4, -0.2) is 46.2 Å². The molecule has 0 aromatic heterocycles. The maximum Gasteiger partial charge on any atom is 0.288 e. The average Bonchev–Trinajstić information content (AvgIpc) is 2.69. The summed E-state index contributed by atoms with van der Waals surface area (Å²) in [4.78, 5) is 23.7. The molecule has 96 valence electrons. The molecule has 6 heteroatoms. The maximum absolute atomic E-state index is 11.3. The molecule has 2 rings (SSSR count). The number of rotatable bonds is 5. The van der Waals surface area contributed by atoms with Gasteiger partial charge in [-0.1, -0.05) is 30.0 Å². The minimum atomic E-state index is -0.878. The van der Waals surface area contributed by atoms with Crippen LogP contribution in [0.2, 0.25) is 0 Å². The lowest BCUT2D eigenvalue weighted by Gasteiger charge is -2.18. The molecule has 0 aliphatic carbocycles. The summed E-state index contributed by atoms with van der Waals surface area (Å²) in [5.41, 5.74) is 0. The molecule has 0 spiro atoms. The fourth-order valence-corrected chi connectivity index (χ4v) is 2.27. The van der Waals surface area contributed by atoms with Crippen molar-refractivity contribution >= 4 is 22.9 Å². The zero-order valence-electron chi connectivity index (χ0n) is 9.61. The molecule has 5 nitrogen and oxygen atoms in total. The van der Waals surface area contributed by atoms with E-state index in [2.05, 4.69) is 0 Å². The number of benzene rings is 1. The fourth-order valence-electron chi connectivity index (χ4n) is 1.53. The first-order valence-electron chi connectivity index (χ1n) is 5.50. The predicted octanol–water partition coefficient (Wildman–Crippen LogP) is 1.12. The number of carbonyl (C=O) groups excluding carboxylic acids is 2. The molecule has 1 heterocycles. The highest BCUT2D eigenvalue weighted by Gasteiger charge is 2.31. The third-order valence-corrected chi connectivity index (χ3v) is 3.28. The molecule has 1 N–H and O–H groups in total. The summed E-state index contributed by atoms with van der Waals surface area (Å²) in [6.45, 7) is 0.0310. The molecular formula is C12H13NO4S. The lowest BCUT2D eigenvalue weighted by molar-refractivity contribution is -0.125. The molecule has 0 saturated carbocycles. The van der Waals surface area contributed by atoms with Gasteiger partial charge in [-0.2, -0.15) is 0 Å². The Labute approximate surface area is 109 Å². The molecule has 18 heavy (non-hydrogen) atoms. The van der Waals surface area contributed by atoms with E-state index in [-0.39, 0.29) is 30.1 Å². The van der Waals surface area contributed by atoms with Gasteiger partial charge in [-0.05, 0) is 12.1 Å². The van der Waals surface area contributed by atoms with Crippen LogP contribution >= 0.6 is 11.8 Å². The second kappa shape index (κ2) is 5.88. The minimum Gasteiger partial charge on any atom is -0.491 e. The van der Waals surface area contributed by atoms with E-state index in [1.807, 2.05) is 18.2 Å². The van der Waals surface area contributed by atoms with Crippen molar-refractivity contribution in [3.8, 4) is 5.75 Å². The Balaban J connectivity index is 1.80. The average molecular weight is 267 g/mol.